The van der Waals surface area contributed by atoms with Crippen LogP contribution < -0.4 is 45.0 Å². The molecule has 1 heterocycles. The Morgan fingerprint density at radius 3 is 1.95 bits per heavy atom. The van der Waals surface area contributed by atoms with Gasteiger partial charge in [-0.25, -0.2) is 4.79 Å². The fraction of sp³-hybridized carbons (Fsp3) is 0.667. The molecule has 0 aromatic heterocycles. The number of guanidine groups is 2. The van der Waals surface area contributed by atoms with E-state index in [1.54, 1.807) is 0 Å². The molecule has 17 heteroatoms. The highest BCUT2D eigenvalue weighted by atomic mass is 16.4. The first-order valence-electron chi connectivity index (χ1n) is 12.1. The lowest BCUT2D eigenvalue weighted by Crippen LogP contribution is -2.57. The van der Waals surface area contributed by atoms with Gasteiger partial charge in [-0.2, -0.15) is 0 Å². The summed E-state index contributed by atoms with van der Waals surface area (Å²) >= 11 is 0. The maximum atomic E-state index is 13.2. The number of rotatable bonds is 16. The van der Waals surface area contributed by atoms with Crippen molar-refractivity contribution >= 4 is 41.5 Å². The SMILES string of the molecule is NC(=O)CC(NC(=O)C(N)CCCN=C(N)N)C(=O)NC(CCCN=C(N)N)C(=O)N1CCCC1C(=O)O. The number of amides is 4. The Bertz CT molecular complexity index is 917. The van der Waals surface area contributed by atoms with Crippen LogP contribution >= 0.6 is 0 Å². The largest absolute Gasteiger partial charge is 0.480 e. The maximum Gasteiger partial charge on any atom is 0.326 e. The molecular formula is C21H39N11O6. The molecule has 214 valence electrons. The highest BCUT2D eigenvalue weighted by Gasteiger charge is 2.38. The zero-order chi connectivity index (χ0) is 28.8. The number of hydrogen-bond donors (Lipinski definition) is 9. The molecule has 1 aliphatic rings. The monoisotopic (exact) mass is 541 g/mol. The Balaban J connectivity index is 2.97. The van der Waals surface area contributed by atoms with Gasteiger partial charge in [-0.05, 0) is 38.5 Å². The molecule has 1 aliphatic heterocycles. The van der Waals surface area contributed by atoms with Crippen LogP contribution in [0.1, 0.15) is 44.9 Å². The van der Waals surface area contributed by atoms with Crippen LogP contribution in [0, 0.1) is 0 Å². The number of aliphatic carboxylic acids is 1. The van der Waals surface area contributed by atoms with Gasteiger partial charge in [0, 0.05) is 19.6 Å². The van der Waals surface area contributed by atoms with E-state index < -0.39 is 60.2 Å². The molecule has 1 fully saturated rings. The summed E-state index contributed by atoms with van der Waals surface area (Å²) in [5, 5.41) is 14.4. The maximum absolute atomic E-state index is 13.2. The molecule has 4 atom stereocenters. The van der Waals surface area contributed by atoms with Crippen molar-refractivity contribution in [1.29, 1.82) is 0 Å². The number of carboxylic acid groups (broad SMARTS) is 1. The molecule has 0 saturated carbocycles. The summed E-state index contributed by atoms with van der Waals surface area (Å²) in [6, 6.07) is -4.66. The summed E-state index contributed by atoms with van der Waals surface area (Å²) < 4.78 is 0. The van der Waals surface area contributed by atoms with E-state index in [0.29, 0.717) is 12.8 Å². The number of hydrogen-bond acceptors (Lipinski definition) is 8. The highest BCUT2D eigenvalue weighted by Crippen LogP contribution is 2.19. The number of nitrogens with zero attached hydrogens (tertiary/aromatic N) is 3. The summed E-state index contributed by atoms with van der Waals surface area (Å²) in [6.45, 7) is 0.596. The Hall–Kier alpha value is -4.15. The van der Waals surface area contributed by atoms with E-state index >= 15 is 0 Å². The first kappa shape index (κ1) is 31.9. The molecule has 4 unspecified atom stereocenters. The van der Waals surface area contributed by atoms with Crippen molar-refractivity contribution in [2.45, 2.75) is 69.1 Å². The number of carbonyl (C=O) groups is 5. The molecule has 0 aliphatic carbocycles. The fourth-order valence-electron chi connectivity index (χ4n) is 3.86. The van der Waals surface area contributed by atoms with Crippen LogP contribution in [0.2, 0.25) is 0 Å². The van der Waals surface area contributed by atoms with Crippen molar-refractivity contribution in [2.75, 3.05) is 19.6 Å². The zero-order valence-corrected chi connectivity index (χ0v) is 21.2. The molecule has 1 saturated heterocycles. The van der Waals surface area contributed by atoms with Crippen molar-refractivity contribution in [3.63, 3.8) is 0 Å². The van der Waals surface area contributed by atoms with Gasteiger partial charge in [-0.3, -0.25) is 29.2 Å². The highest BCUT2D eigenvalue weighted by molar-refractivity contribution is 5.96. The Kier molecular flexibility index (Phi) is 13.3. The second-order valence-corrected chi connectivity index (χ2v) is 8.82. The number of likely N-dealkylation sites (tertiary alicyclic amines) is 1. The first-order chi connectivity index (χ1) is 17.8. The molecule has 0 aromatic rings. The molecule has 0 radical (unpaired) electrons. The van der Waals surface area contributed by atoms with Crippen LogP contribution in [-0.2, 0) is 24.0 Å². The zero-order valence-electron chi connectivity index (χ0n) is 21.2. The fourth-order valence-corrected chi connectivity index (χ4v) is 3.86. The smallest absolute Gasteiger partial charge is 0.326 e. The van der Waals surface area contributed by atoms with Gasteiger partial charge in [-0.1, -0.05) is 0 Å². The van der Waals surface area contributed by atoms with Crippen molar-refractivity contribution in [3.8, 4) is 0 Å². The predicted octanol–water partition coefficient (Wildman–Crippen LogP) is -4.66. The lowest BCUT2D eigenvalue weighted by Gasteiger charge is -2.28. The molecular weight excluding hydrogens is 502 g/mol. The van der Waals surface area contributed by atoms with Gasteiger partial charge in [0.05, 0.1) is 12.5 Å². The molecule has 0 bridgehead atoms. The van der Waals surface area contributed by atoms with Crippen LogP contribution in [0.3, 0.4) is 0 Å². The van der Waals surface area contributed by atoms with Gasteiger partial charge in [0.25, 0.3) is 0 Å². The number of nitrogens with one attached hydrogen (secondary N) is 2. The lowest BCUT2D eigenvalue weighted by molar-refractivity contribution is -0.149. The second-order valence-electron chi connectivity index (χ2n) is 8.82. The molecule has 4 amide bonds. The molecule has 1 rings (SSSR count). The van der Waals surface area contributed by atoms with E-state index in [1.165, 1.54) is 4.90 Å². The topological polar surface area (TPSA) is 314 Å². The van der Waals surface area contributed by atoms with Crippen LogP contribution in [-0.4, -0.2) is 95.3 Å². The van der Waals surface area contributed by atoms with Crippen LogP contribution in [0.4, 0.5) is 0 Å². The quantitative estimate of drug-likeness (QED) is 0.0508. The van der Waals surface area contributed by atoms with Gasteiger partial charge in [0.15, 0.2) is 11.9 Å². The van der Waals surface area contributed by atoms with Gasteiger partial charge in [-0.15, -0.1) is 0 Å². The van der Waals surface area contributed by atoms with Crippen LogP contribution in [0.5, 0.6) is 0 Å². The number of carbonyl (C=O) groups excluding carboxylic acids is 4. The van der Waals surface area contributed by atoms with Gasteiger partial charge >= 0.3 is 5.97 Å². The predicted molar refractivity (Wildman–Crippen MR) is 138 cm³/mol. The first-order valence-corrected chi connectivity index (χ1v) is 12.1. The average molecular weight is 542 g/mol. The minimum Gasteiger partial charge on any atom is -0.480 e. The Morgan fingerprint density at radius 1 is 0.868 bits per heavy atom. The number of primary amides is 1. The third-order valence-corrected chi connectivity index (χ3v) is 5.72. The number of nitrogens with two attached hydrogens (primary N) is 6. The summed E-state index contributed by atoms with van der Waals surface area (Å²) in [6.07, 6.45) is 1.10. The molecule has 15 N–H and O–H groups in total. The van der Waals surface area contributed by atoms with E-state index in [2.05, 4.69) is 20.6 Å². The normalized spacial score (nSPS) is 17.0. The van der Waals surface area contributed by atoms with Crippen molar-refractivity contribution in [3.05, 3.63) is 0 Å². The van der Waals surface area contributed by atoms with Gasteiger partial charge < -0.3 is 55.0 Å². The van der Waals surface area contributed by atoms with E-state index in [-0.39, 0.29) is 57.2 Å². The number of carboxylic acids is 1. The van der Waals surface area contributed by atoms with E-state index in [0.717, 1.165) is 0 Å². The summed E-state index contributed by atoms with van der Waals surface area (Å²) in [7, 11) is 0. The minimum absolute atomic E-state index is 0.0612. The Morgan fingerprint density at radius 2 is 1.42 bits per heavy atom. The summed E-state index contributed by atoms with van der Waals surface area (Å²) in [5.74, 6) is -4.50. The third kappa shape index (κ3) is 11.3. The van der Waals surface area contributed by atoms with Crippen molar-refractivity contribution < 1.29 is 29.1 Å². The van der Waals surface area contributed by atoms with Crippen LogP contribution in [0.15, 0.2) is 9.98 Å². The van der Waals surface area contributed by atoms with E-state index in [1.807, 2.05) is 0 Å². The van der Waals surface area contributed by atoms with E-state index in [9.17, 15) is 29.1 Å². The summed E-state index contributed by atoms with van der Waals surface area (Å²) in [5.41, 5.74) is 32.3. The molecule has 38 heavy (non-hydrogen) atoms. The van der Waals surface area contributed by atoms with Gasteiger partial charge in [0.2, 0.25) is 23.6 Å². The standard InChI is InChI=1S/C21H39N11O6/c22-11(4-1-7-28-20(24)25)16(34)31-13(10-15(23)33)17(35)30-12(5-2-8-29-21(26)27)18(36)32-9-3-6-14(32)19(37)38/h11-14H,1-10,22H2,(H2,23,33)(H,30,35)(H,31,34)(H,37,38)(H4,24,25,28)(H4,26,27,29). The minimum atomic E-state index is -1.43. The van der Waals surface area contributed by atoms with E-state index in [4.69, 9.17) is 34.4 Å². The molecule has 17 nitrogen and oxygen atoms in total. The molecule has 0 aromatic carbocycles. The van der Waals surface area contributed by atoms with Crippen molar-refractivity contribution in [2.24, 2.45) is 44.4 Å². The van der Waals surface area contributed by atoms with Gasteiger partial charge in [0.1, 0.15) is 18.1 Å². The third-order valence-electron chi connectivity index (χ3n) is 5.72. The van der Waals surface area contributed by atoms with Crippen LogP contribution in [0.25, 0.3) is 0 Å². The van der Waals surface area contributed by atoms with Crippen molar-refractivity contribution in [1.82, 2.24) is 15.5 Å². The average Bonchev–Trinajstić information content (AvgIpc) is 3.32. The number of aliphatic imine (C=N–C) groups is 2. The lowest BCUT2D eigenvalue weighted by atomic mass is 10.1. The Labute approximate surface area is 219 Å². The molecule has 0 spiro atoms. The summed E-state index contributed by atoms with van der Waals surface area (Å²) in [4.78, 5) is 70.9. The second kappa shape index (κ2) is 15.9.